The van der Waals surface area contributed by atoms with E-state index in [1.165, 1.54) is 6.08 Å². The third-order valence-electron chi connectivity index (χ3n) is 6.21. The van der Waals surface area contributed by atoms with Gasteiger partial charge < -0.3 is 10.8 Å². The number of halogens is 1. The molecule has 0 aliphatic carbocycles. The van der Waals surface area contributed by atoms with E-state index in [1.54, 1.807) is 44.2 Å². The van der Waals surface area contributed by atoms with Gasteiger partial charge in [-0.15, -0.1) is 0 Å². The first-order valence-corrected chi connectivity index (χ1v) is 11.9. The van der Waals surface area contributed by atoms with Crippen LogP contribution >= 0.6 is 11.6 Å². The number of allylic oxidation sites excluding steroid dienone is 3. The van der Waals surface area contributed by atoms with Crippen molar-refractivity contribution in [3.63, 3.8) is 0 Å². The van der Waals surface area contributed by atoms with Crippen molar-refractivity contribution >= 4 is 40.7 Å². The van der Waals surface area contributed by atoms with Crippen molar-refractivity contribution in [1.29, 1.82) is 0 Å². The average molecular weight is 505 g/mol. The van der Waals surface area contributed by atoms with Crippen molar-refractivity contribution in [2.24, 2.45) is 10.7 Å². The molecular weight excluding hydrogens is 472 g/mol. The van der Waals surface area contributed by atoms with E-state index in [-0.39, 0.29) is 18.0 Å². The zero-order chi connectivity index (χ0) is 27.2. The number of nitrogens with two attached hydrogens (primary N) is 1. The minimum absolute atomic E-state index is 0.0440. The minimum Gasteiger partial charge on any atom is -0.478 e. The number of carbonyl (C=O) groups is 2. The van der Waals surface area contributed by atoms with Crippen molar-refractivity contribution in [3.05, 3.63) is 106 Å². The third kappa shape index (κ3) is 6.29. The number of Topliss-reactive ketones (excluding diaryl/α,β-unsaturated/α-hetero) is 1. The summed E-state index contributed by atoms with van der Waals surface area (Å²) in [6, 6.07) is 12.7. The van der Waals surface area contributed by atoms with Gasteiger partial charge in [-0.1, -0.05) is 67.6 Å². The number of nitrogens with zero attached hydrogens (tertiary/aromatic N) is 1. The average Bonchev–Trinajstić information content (AvgIpc) is 2.81. The summed E-state index contributed by atoms with van der Waals surface area (Å²) in [5.41, 5.74) is 11.2. The van der Waals surface area contributed by atoms with Crippen LogP contribution in [0.3, 0.4) is 0 Å². The molecule has 0 saturated carbocycles. The van der Waals surface area contributed by atoms with Crippen molar-refractivity contribution in [3.8, 4) is 0 Å². The van der Waals surface area contributed by atoms with Gasteiger partial charge in [0, 0.05) is 28.8 Å². The van der Waals surface area contributed by atoms with Crippen LogP contribution in [0.5, 0.6) is 0 Å². The molecule has 188 valence electrons. The standard InChI is InChI=1S/C30H33ClN2O3/c1-8-26(34)30(7,23-12-9-22(10-13-23)11-16-27(35)36)28(18(2)3)29(32)33-21(6)20(5)25-15-14-24(31)17-19(25)4/h9-17H,2,5,8,32H2,1,3-4,6-7H3,(H,35,36)/b16-11+,29-28+,33-21?. The van der Waals surface area contributed by atoms with Crippen LogP contribution in [-0.2, 0) is 15.0 Å². The van der Waals surface area contributed by atoms with Gasteiger partial charge in [0.1, 0.15) is 11.6 Å². The van der Waals surface area contributed by atoms with Gasteiger partial charge in [0.05, 0.1) is 5.41 Å². The second-order valence-corrected chi connectivity index (χ2v) is 9.31. The molecule has 2 rings (SSSR count). The van der Waals surface area contributed by atoms with Crippen LogP contribution in [-0.4, -0.2) is 22.6 Å². The largest absolute Gasteiger partial charge is 0.478 e. The molecule has 2 aromatic carbocycles. The molecule has 1 atom stereocenters. The predicted molar refractivity (Wildman–Crippen MR) is 150 cm³/mol. The highest BCUT2D eigenvalue weighted by Crippen LogP contribution is 2.39. The maximum atomic E-state index is 13.4. The number of rotatable bonds is 10. The summed E-state index contributed by atoms with van der Waals surface area (Å²) in [6.07, 6.45) is 2.84. The Kier molecular flexibility index (Phi) is 9.37. The first-order valence-electron chi connectivity index (χ1n) is 11.5. The number of carbonyl (C=O) groups excluding carboxylic acids is 1. The summed E-state index contributed by atoms with van der Waals surface area (Å²) in [5, 5.41) is 9.52. The van der Waals surface area contributed by atoms with Crippen LogP contribution in [0.4, 0.5) is 0 Å². The van der Waals surface area contributed by atoms with Crippen molar-refractivity contribution in [2.75, 3.05) is 0 Å². The molecular formula is C30H33ClN2O3. The van der Waals surface area contributed by atoms with Gasteiger partial charge >= 0.3 is 5.97 Å². The molecule has 0 saturated heterocycles. The number of aliphatic carboxylic acids is 1. The summed E-state index contributed by atoms with van der Waals surface area (Å²) in [7, 11) is 0. The second kappa shape index (κ2) is 11.8. The molecule has 2 aromatic rings. The highest BCUT2D eigenvalue weighted by atomic mass is 35.5. The maximum absolute atomic E-state index is 13.4. The van der Waals surface area contributed by atoms with Gasteiger partial charge in [0.2, 0.25) is 0 Å². The lowest BCUT2D eigenvalue weighted by Gasteiger charge is -2.32. The Morgan fingerprint density at radius 1 is 1.14 bits per heavy atom. The number of carboxylic acid groups (broad SMARTS) is 1. The van der Waals surface area contributed by atoms with Crippen LogP contribution in [0.1, 0.15) is 56.4 Å². The van der Waals surface area contributed by atoms with Crippen molar-refractivity contribution in [2.45, 2.75) is 46.5 Å². The molecule has 0 radical (unpaired) electrons. The van der Waals surface area contributed by atoms with Crippen molar-refractivity contribution < 1.29 is 14.7 Å². The molecule has 0 bridgehead atoms. The lowest BCUT2D eigenvalue weighted by atomic mass is 9.69. The summed E-state index contributed by atoms with van der Waals surface area (Å²) in [6.45, 7) is 17.5. The number of hydrogen-bond donors (Lipinski definition) is 2. The van der Waals surface area contributed by atoms with Gasteiger partial charge in [-0.3, -0.25) is 4.79 Å². The Hall–Kier alpha value is -3.70. The van der Waals surface area contributed by atoms with E-state index >= 15 is 0 Å². The SMILES string of the molecule is C=C(C)/C(=C(/N)N=C(C)C(=C)c1ccc(Cl)cc1C)C(C)(C(=O)CC)c1ccc(/C=C/C(=O)O)cc1. The van der Waals surface area contributed by atoms with E-state index < -0.39 is 11.4 Å². The Morgan fingerprint density at radius 2 is 1.75 bits per heavy atom. The molecule has 0 heterocycles. The maximum Gasteiger partial charge on any atom is 0.328 e. The number of aliphatic imine (C=N–C) groups is 1. The zero-order valence-electron chi connectivity index (χ0n) is 21.5. The molecule has 0 aromatic heterocycles. The summed E-state index contributed by atoms with van der Waals surface area (Å²) in [4.78, 5) is 28.9. The van der Waals surface area contributed by atoms with Gasteiger partial charge in [-0.25, -0.2) is 9.79 Å². The molecule has 1 unspecified atom stereocenters. The minimum atomic E-state index is -1.11. The monoisotopic (exact) mass is 504 g/mol. The third-order valence-corrected chi connectivity index (χ3v) is 6.44. The van der Waals surface area contributed by atoms with Crippen LogP contribution in [0.2, 0.25) is 5.02 Å². The molecule has 0 aliphatic heterocycles. The second-order valence-electron chi connectivity index (χ2n) is 8.87. The highest BCUT2D eigenvalue weighted by molar-refractivity contribution is 6.31. The fourth-order valence-corrected chi connectivity index (χ4v) is 4.49. The summed E-state index contributed by atoms with van der Waals surface area (Å²) >= 11 is 6.10. The first-order chi connectivity index (χ1) is 16.8. The van der Waals surface area contributed by atoms with Gasteiger partial charge in [-0.2, -0.15) is 0 Å². The predicted octanol–water partition coefficient (Wildman–Crippen LogP) is 6.90. The van der Waals surface area contributed by atoms with Gasteiger partial charge in [0.25, 0.3) is 0 Å². The van der Waals surface area contributed by atoms with Gasteiger partial charge in [0.15, 0.2) is 0 Å². The van der Waals surface area contributed by atoms with Crippen molar-refractivity contribution in [1.82, 2.24) is 0 Å². The van der Waals surface area contributed by atoms with E-state index in [0.717, 1.165) is 17.2 Å². The Labute approximate surface area is 218 Å². The number of carboxylic acids is 1. The van der Waals surface area contributed by atoms with Crippen LogP contribution in [0.15, 0.2) is 83.7 Å². The summed E-state index contributed by atoms with van der Waals surface area (Å²) < 4.78 is 0. The van der Waals surface area contributed by atoms with E-state index in [1.807, 2.05) is 32.9 Å². The van der Waals surface area contributed by atoms with Crippen LogP contribution in [0, 0.1) is 6.92 Å². The quantitative estimate of drug-likeness (QED) is 0.209. The number of hydrogen-bond acceptors (Lipinski definition) is 4. The topological polar surface area (TPSA) is 92.8 Å². The molecule has 3 N–H and O–H groups in total. The van der Waals surface area contributed by atoms with Crippen LogP contribution in [0.25, 0.3) is 11.6 Å². The van der Waals surface area contributed by atoms with E-state index in [0.29, 0.717) is 38.6 Å². The van der Waals surface area contributed by atoms with E-state index in [4.69, 9.17) is 22.4 Å². The number of aryl methyl sites for hydroxylation is 1. The highest BCUT2D eigenvalue weighted by Gasteiger charge is 2.39. The van der Waals surface area contributed by atoms with Crippen LogP contribution < -0.4 is 5.73 Å². The summed E-state index contributed by atoms with van der Waals surface area (Å²) in [5.74, 6) is -0.890. The van der Waals surface area contributed by atoms with Gasteiger partial charge in [-0.05, 0) is 73.7 Å². The van der Waals surface area contributed by atoms with E-state index in [2.05, 4.69) is 18.2 Å². The van der Waals surface area contributed by atoms with E-state index in [9.17, 15) is 9.59 Å². The molecule has 0 amide bonds. The fourth-order valence-electron chi connectivity index (χ4n) is 4.26. The Balaban J connectivity index is 2.65. The number of benzene rings is 2. The molecule has 0 aliphatic rings. The lowest BCUT2D eigenvalue weighted by molar-refractivity contribution is -0.131. The first kappa shape index (κ1) is 28.5. The fraction of sp³-hybridized carbons (Fsp3) is 0.233. The smallest absolute Gasteiger partial charge is 0.328 e. The molecule has 0 fully saturated rings. The molecule has 5 nitrogen and oxygen atoms in total. The normalized spacial score (nSPS) is 14.2. The molecule has 0 spiro atoms. The zero-order valence-corrected chi connectivity index (χ0v) is 22.2. The molecule has 36 heavy (non-hydrogen) atoms. The molecule has 6 heteroatoms. The Bertz CT molecular complexity index is 1300. The lowest BCUT2D eigenvalue weighted by Crippen LogP contribution is -2.36. The number of ketones is 1. The Morgan fingerprint density at radius 3 is 2.25 bits per heavy atom.